The molecule has 2 aliphatic heterocycles. The quantitative estimate of drug-likeness (QED) is 0.745. The summed E-state index contributed by atoms with van der Waals surface area (Å²) in [5.41, 5.74) is 0.686. The molecule has 9 heteroatoms. The number of amides is 4. The maximum Gasteiger partial charge on any atom is 0.242 e. The fraction of sp³-hybridized carbons (Fsp3) is 0.474. The van der Waals surface area contributed by atoms with Gasteiger partial charge >= 0.3 is 0 Å². The number of hydrogen-bond donors (Lipinski definition) is 2. The van der Waals surface area contributed by atoms with Crippen LogP contribution in [0.1, 0.15) is 19.3 Å². The zero-order chi connectivity index (χ0) is 20.3. The van der Waals surface area contributed by atoms with Crippen LogP contribution >= 0.6 is 11.6 Å². The Morgan fingerprint density at radius 1 is 1.18 bits per heavy atom. The van der Waals surface area contributed by atoms with Crippen LogP contribution in [-0.2, 0) is 19.2 Å². The Morgan fingerprint density at radius 3 is 2.57 bits per heavy atom. The lowest BCUT2D eigenvalue weighted by atomic mass is 10.1. The molecule has 8 nitrogen and oxygen atoms in total. The van der Waals surface area contributed by atoms with Crippen LogP contribution in [0.25, 0.3) is 0 Å². The van der Waals surface area contributed by atoms with Gasteiger partial charge in [0, 0.05) is 37.3 Å². The average Bonchev–Trinajstić information content (AvgIpc) is 3.33. The molecule has 2 N–H and O–H groups in total. The molecular formula is C19H23ClN4O4. The largest absolute Gasteiger partial charge is 0.357 e. The summed E-state index contributed by atoms with van der Waals surface area (Å²) in [6.45, 7) is 0.572. The van der Waals surface area contributed by atoms with Crippen molar-refractivity contribution >= 4 is 40.9 Å². The highest BCUT2D eigenvalue weighted by Crippen LogP contribution is 2.26. The Kier molecular flexibility index (Phi) is 6.18. The van der Waals surface area contributed by atoms with Crippen LogP contribution in [0.15, 0.2) is 24.3 Å². The predicted molar refractivity (Wildman–Crippen MR) is 104 cm³/mol. The second-order valence-corrected chi connectivity index (χ2v) is 7.40. The molecule has 2 aliphatic rings. The number of likely N-dealkylation sites (N-methyl/N-ethyl adjacent to an activating group) is 1. The Labute approximate surface area is 168 Å². The van der Waals surface area contributed by atoms with Gasteiger partial charge in [0.1, 0.15) is 6.04 Å². The molecule has 0 saturated carbocycles. The van der Waals surface area contributed by atoms with Crippen LogP contribution in [0.5, 0.6) is 0 Å². The fourth-order valence-corrected chi connectivity index (χ4v) is 3.79. The van der Waals surface area contributed by atoms with Gasteiger partial charge in [-0.05, 0) is 37.1 Å². The monoisotopic (exact) mass is 406 g/mol. The van der Waals surface area contributed by atoms with E-state index in [-0.39, 0.29) is 43.1 Å². The maximum atomic E-state index is 12.5. The molecule has 2 atom stereocenters. The SMILES string of the molecule is CNC(=O)C1CCCN1C(=O)CNC(=O)C1CC(=O)N(c2ccc(Cl)cc2)C1. The van der Waals surface area contributed by atoms with Gasteiger partial charge in [-0.1, -0.05) is 11.6 Å². The van der Waals surface area contributed by atoms with E-state index in [0.717, 1.165) is 6.42 Å². The van der Waals surface area contributed by atoms with E-state index in [1.807, 2.05) is 0 Å². The van der Waals surface area contributed by atoms with Crippen molar-refractivity contribution in [2.75, 3.05) is 31.6 Å². The summed E-state index contributed by atoms with van der Waals surface area (Å²) < 4.78 is 0. The van der Waals surface area contributed by atoms with Crippen molar-refractivity contribution in [1.29, 1.82) is 0 Å². The summed E-state index contributed by atoms with van der Waals surface area (Å²) in [5.74, 6) is -1.50. The summed E-state index contributed by atoms with van der Waals surface area (Å²) in [5, 5.41) is 5.75. The van der Waals surface area contributed by atoms with Crippen molar-refractivity contribution in [3.05, 3.63) is 29.3 Å². The first-order chi connectivity index (χ1) is 13.4. The summed E-state index contributed by atoms with van der Waals surface area (Å²) >= 11 is 5.87. The molecule has 150 valence electrons. The van der Waals surface area contributed by atoms with Gasteiger partial charge in [0.15, 0.2) is 0 Å². The highest BCUT2D eigenvalue weighted by molar-refractivity contribution is 6.30. The molecule has 1 aromatic carbocycles. The number of benzene rings is 1. The molecule has 0 bridgehead atoms. The zero-order valence-electron chi connectivity index (χ0n) is 15.6. The van der Waals surface area contributed by atoms with Gasteiger partial charge in [-0.25, -0.2) is 0 Å². The molecule has 0 spiro atoms. The fourth-order valence-electron chi connectivity index (χ4n) is 3.67. The van der Waals surface area contributed by atoms with Gasteiger partial charge in [-0.2, -0.15) is 0 Å². The molecule has 0 aliphatic carbocycles. The highest BCUT2D eigenvalue weighted by atomic mass is 35.5. The molecule has 0 aromatic heterocycles. The number of carbonyl (C=O) groups excluding carboxylic acids is 4. The van der Waals surface area contributed by atoms with Crippen molar-refractivity contribution in [3.8, 4) is 0 Å². The molecule has 28 heavy (non-hydrogen) atoms. The normalized spacial score (nSPS) is 21.7. The van der Waals surface area contributed by atoms with Gasteiger partial charge < -0.3 is 20.4 Å². The lowest BCUT2D eigenvalue weighted by molar-refractivity contribution is -0.138. The average molecular weight is 407 g/mol. The topological polar surface area (TPSA) is 98.8 Å². The van der Waals surface area contributed by atoms with Crippen LogP contribution in [0, 0.1) is 5.92 Å². The Balaban J connectivity index is 1.54. The third kappa shape index (κ3) is 4.27. The number of anilines is 1. The zero-order valence-corrected chi connectivity index (χ0v) is 16.4. The third-order valence-corrected chi connectivity index (χ3v) is 5.42. The molecule has 2 heterocycles. The first kappa shape index (κ1) is 20.1. The van der Waals surface area contributed by atoms with Crippen LogP contribution in [-0.4, -0.2) is 61.3 Å². The third-order valence-electron chi connectivity index (χ3n) is 5.17. The predicted octanol–water partition coefficient (Wildman–Crippen LogP) is 0.546. The Bertz CT molecular complexity index is 783. The minimum absolute atomic E-state index is 0.0905. The first-order valence-electron chi connectivity index (χ1n) is 9.25. The summed E-state index contributed by atoms with van der Waals surface area (Å²) in [7, 11) is 1.54. The van der Waals surface area contributed by atoms with E-state index in [2.05, 4.69) is 10.6 Å². The van der Waals surface area contributed by atoms with Crippen LogP contribution in [0.4, 0.5) is 5.69 Å². The van der Waals surface area contributed by atoms with Crippen molar-refractivity contribution in [2.45, 2.75) is 25.3 Å². The second-order valence-electron chi connectivity index (χ2n) is 6.96. The van der Waals surface area contributed by atoms with Crippen molar-refractivity contribution < 1.29 is 19.2 Å². The molecule has 2 saturated heterocycles. The second kappa shape index (κ2) is 8.60. The van der Waals surface area contributed by atoms with Gasteiger partial charge in [0.2, 0.25) is 23.6 Å². The number of halogens is 1. The van der Waals surface area contributed by atoms with E-state index in [1.165, 1.54) is 11.9 Å². The molecular weight excluding hydrogens is 384 g/mol. The van der Waals surface area contributed by atoms with E-state index in [0.29, 0.717) is 23.7 Å². The number of hydrogen-bond acceptors (Lipinski definition) is 4. The number of rotatable bonds is 5. The van der Waals surface area contributed by atoms with E-state index >= 15 is 0 Å². The molecule has 0 radical (unpaired) electrons. The number of nitrogens with one attached hydrogen (secondary N) is 2. The van der Waals surface area contributed by atoms with Crippen LogP contribution < -0.4 is 15.5 Å². The van der Waals surface area contributed by atoms with Crippen molar-refractivity contribution in [3.63, 3.8) is 0 Å². The lowest BCUT2D eigenvalue weighted by Gasteiger charge is -2.23. The molecule has 3 rings (SSSR count). The maximum absolute atomic E-state index is 12.5. The summed E-state index contributed by atoms with van der Waals surface area (Å²) in [6, 6.07) is 6.36. The Morgan fingerprint density at radius 2 is 1.89 bits per heavy atom. The van der Waals surface area contributed by atoms with E-state index in [1.54, 1.807) is 29.2 Å². The Hall–Kier alpha value is -2.61. The molecule has 2 fully saturated rings. The number of carbonyl (C=O) groups is 4. The molecule has 4 amide bonds. The van der Waals surface area contributed by atoms with Crippen LogP contribution in [0.2, 0.25) is 5.02 Å². The standard InChI is InChI=1S/C19H23ClN4O4/c1-21-19(28)15-3-2-8-23(15)17(26)10-22-18(27)12-9-16(25)24(11-12)14-6-4-13(20)5-7-14/h4-7,12,15H,2-3,8-11H2,1H3,(H,21,28)(H,22,27). The van der Waals surface area contributed by atoms with Gasteiger partial charge in [0.05, 0.1) is 12.5 Å². The van der Waals surface area contributed by atoms with E-state index in [9.17, 15) is 19.2 Å². The minimum Gasteiger partial charge on any atom is -0.357 e. The first-order valence-corrected chi connectivity index (χ1v) is 9.63. The van der Waals surface area contributed by atoms with E-state index < -0.39 is 12.0 Å². The summed E-state index contributed by atoms with van der Waals surface area (Å²) in [4.78, 5) is 52.0. The summed E-state index contributed by atoms with van der Waals surface area (Å²) in [6.07, 6.45) is 1.46. The minimum atomic E-state index is -0.524. The van der Waals surface area contributed by atoms with Gasteiger partial charge in [-0.15, -0.1) is 0 Å². The number of likely N-dealkylation sites (tertiary alicyclic amines) is 1. The van der Waals surface area contributed by atoms with Gasteiger partial charge in [0.25, 0.3) is 0 Å². The van der Waals surface area contributed by atoms with Crippen LogP contribution in [0.3, 0.4) is 0 Å². The number of nitrogens with zero attached hydrogens (tertiary/aromatic N) is 2. The van der Waals surface area contributed by atoms with Gasteiger partial charge in [-0.3, -0.25) is 19.2 Å². The molecule has 2 unspecified atom stereocenters. The highest BCUT2D eigenvalue weighted by Gasteiger charge is 2.36. The smallest absolute Gasteiger partial charge is 0.242 e. The van der Waals surface area contributed by atoms with Crippen molar-refractivity contribution in [1.82, 2.24) is 15.5 Å². The van der Waals surface area contributed by atoms with Crippen molar-refractivity contribution in [2.24, 2.45) is 5.92 Å². The lowest BCUT2D eigenvalue weighted by Crippen LogP contribution is -2.48. The molecule has 1 aromatic rings. The van der Waals surface area contributed by atoms with E-state index in [4.69, 9.17) is 11.6 Å².